The molecule has 0 unspecified atom stereocenters. The van der Waals surface area contributed by atoms with Gasteiger partial charge in [0.15, 0.2) is 0 Å². The number of thiophene rings is 1. The van der Waals surface area contributed by atoms with Crippen molar-refractivity contribution in [2.45, 2.75) is 17.2 Å². The van der Waals surface area contributed by atoms with Crippen LogP contribution in [0.15, 0.2) is 15.7 Å². The van der Waals surface area contributed by atoms with Gasteiger partial charge >= 0.3 is 0 Å². The minimum absolute atomic E-state index is 0. The number of hydrogen-bond acceptors (Lipinski definition) is 6. The number of nitrogens with one attached hydrogen (secondary N) is 1. The summed E-state index contributed by atoms with van der Waals surface area (Å²) in [7, 11) is -3.53. The predicted octanol–water partition coefficient (Wildman–Crippen LogP) is 0.625. The highest BCUT2D eigenvalue weighted by Crippen LogP contribution is 2.26. The molecule has 0 spiro atoms. The number of carbonyl (C=O) groups excluding carboxylic acids is 1. The van der Waals surface area contributed by atoms with Crippen molar-refractivity contribution in [3.63, 3.8) is 0 Å². The number of nitrogens with zero attached hydrogens (tertiary/aromatic N) is 2. The maximum atomic E-state index is 12.6. The zero-order chi connectivity index (χ0) is 16.4. The number of piperazine rings is 1. The van der Waals surface area contributed by atoms with Crippen molar-refractivity contribution in [2.75, 3.05) is 45.9 Å². The molecule has 136 valence electrons. The van der Waals surface area contributed by atoms with Gasteiger partial charge in [0, 0.05) is 44.1 Å². The molecule has 0 bridgehead atoms. The van der Waals surface area contributed by atoms with Gasteiger partial charge in [0.05, 0.1) is 18.8 Å². The average molecular weight is 396 g/mol. The Hall–Kier alpha value is -0.710. The lowest BCUT2D eigenvalue weighted by Crippen LogP contribution is -2.52. The Kier molecular flexibility index (Phi) is 6.63. The van der Waals surface area contributed by atoms with Crippen LogP contribution in [0.4, 0.5) is 0 Å². The second-order valence-corrected chi connectivity index (χ2v) is 8.80. The molecule has 7 nitrogen and oxygen atoms in total. The van der Waals surface area contributed by atoms with E-state index >= 15 is 0 Å². The highest BCUT2D eigenvalue weighted by molar-refractivity contribution is 7.91. The molecule has 0 aliphatic carbocycles. The van der Waals surface area contributed by atoms with E-state index in [1.165, 1.54) is 10.4 Å². The van der Waals surface area contributed by atoms with Crippen molar-refractivity contribution < 1.29 is 17.9 Å². The van der Waals surface area contributed by atoms with Crippen LogP contribution >= 0.6 is 23.7 Å². The standard InChI is InChI=1S/C14H21N3O4S2.ClH/c1-11-9-15-2-3-17(11)14(18)12-8-13(22-10-12)23(19,20)16-4-6-21-7-5-16;/h8,10-11,15H,2-7,9H2,1H3;1H/t11-;/m0./s1. The molecule has 24 heavy (non-hydrogen) atoms. The highest BCUT2D eigenvalue weighted by Gasteiger charge is 2.30. The molecule has 3 heterocycles. The zero-order valence-electron chi connectivity index (χ0n) is 13.4. The average Bonchev–Trinajstić information content (AvgIpc) is 3.06. The lowest BCUT2D eigenvalue weighted by atomic mass is 10.2. The smallest absolute Gasteiger partial charge is 0.255 e. The summed E-state index contributed by atoms with van der Waals surface area (Å²) in [6.45, 7) is 5.69. The van der Waals surface area contributed by atoms with Crippen LogP contribution < -0.4 is 5.32 Å². The summed E-state index contributed by atoms with van der Waals surface area (Å²) < 4.78 is 32.1. The van der Waals surface area contributed by atoms with Crippen LogP contribution in [0.25, 0.3) is 0 Å². The van der Waals surface area contributed by atoms with E-state index in [0.717, 1.165) is 24.4 Å². The summed E-state index contributed by atoms with van der Waals surface area (Å²) in [4.78, 5) is 14.4. The quantitative estimate of drug-likeness (QED) is 0.811. The molecule has 0 radical (unpaired) electrons. The summed E-state index contributed by atoms with van der Waals surface area (Å²) >= 11 is 1.11. The summed E-state index contributed by atoms with van der Waals surface area (Å²) in [5, 5.41) is 4.88. The molecule has 3 rings (SSSR count). The van der Waals surface area contributed by atoms with E-state index < -0.39 is 10.0 Å². The van der Waals surface area contributed by atoms with Crippen LogP contribution in [-0.4, -0.2) is 75.5 Å². The highest BCUT2D eigenvalue weighted by atomic mass is 35.5. The van der Waals surface area contributed by atoms with Gasteiger partial charge in [0.25, 0.3) is 15.9 Å². The van der Waals surface area contributed by atoms with E-state index in [1.54, 1.807) is 10.3 Å². The Balaban J connectivity index is 0.00000208. The summed E-state index contributed by atoms with van der Waals surface area (Å²) in [5.41, 5.74) is 0.454. The first-order chi connectivity index (χ1) is 11.0. The van der Waals surface area contributed by atoms with E-state index in [0.29, 0.717) is 38.4 Å². The van der Waals surface area contributed by atoms with E-state index in [4.69, 9.17) is 4.74 Å². The van der Waals surface area contributed by atoms with Gasteiger partial charge in [-0.1, -0.05) is 0 Å². The first kappa shape index (κ1) is 19.6. The van der Waals surface area contributed by atoms with Crippen LogP contribution in [0.1, 0.15) is 17.3 Å². The van der Waals surface area contributed by atoms with Gasteiger partial charge in [-0.25, -0.2) is 8.42 Å². The first-order valence-electron chi connectivity index (χ1n) is 7.68. The van der Waals surface area contributed by atoms with Crippen LogP contribution in [0.3, 0.4) is 0 Å². The molecule has 1 aromatic rings. The van der Waals surface area contributed by atoms with Gasteiger partial charge in [-0.2, -0.15) is 4.31 Å². The molecule has 0 aromatic carbocycles. The fourth-order valence-electron chi connectivity index (χ4n) is 2.79. The Bertz CT molecular complexity index is 673. The summed E-state index contributed by atoms with van der Waals surface area (Å²) in [6, 6.07) is 1.61. The number of hydrogen-bond donors (Lipinski definition) is 1. The Morgan fingerprint density at radius 3 is 2.71 bits per heavy atom. The number of ether oxygens (including phenoxy) is 1. The fourth-order valence-corrected chi connectivity index (χ4v) is 5.50. The van der Waals surface area contributed by atoms with Gasteiger partial charge in [-0.15, -0.1) is 23.7 Å². The van der Waals surface area contributed by atoms with Gasteiger partial charge in [-0.05, 0) is 13.0 Å². The third kappa shape index (κ3) is 3.92. The van der Waals surface area contributed by atoms with E-state index in [9.17, 15) is 13.2 Å². The summed E-state index contributed by atoms with van der Waals surface area (Å²) in [5.74, 6) is -0.0984. The van der Waals surface area contributed by atoms with Crippen LogP contribution in [0.2, 0.25) is 0 Å². The van der Waals surface area contributed by atoms with Gasteiger partial charge in [0.2, 0.25) is 0 Å². The molecule has 2 aliphatic heterocycles. The number of amides is 1. The Morgan fingerprint density at radius 1 is 1.33 bits per heavy atom. The minimum Gasteiger partial charge on any atom is -0.379 e. The molecule has 1 N–H and O–H groups in total. The van der Waals surface area contributed by atoms with Gasteiger partial charge in [0.1, 0.15) is 4.21 Å². The molecule has 10 heteroatoms. The number of rotatable bonds is 3. The number of morpholine rings is 1. The van der Waals surface area contributed by atoms with Crippen molar-refractivity contribution >= 4 is 39.7 Å². The molecule has 1 amide bonds. The fraction of sp³-hybridized carbons (Fsp3) is 0.643. The van der Waals surface area contributed by atoms with Gasteiger partial charge in [-0.3, -0.25) is 4.79 Å². The molecule has 1 aromatic heterocycles. The third-order valence-corrected chi connectivity index (χ3v) is 7.46. The second kappa shape index (κ2) is 8.11. The minimum atomic E-state index is -3.53. The van der Waals surface area contributed by atoms with Crippen molar-refractivity contribution in [1.82, 2.24) is 14.5 Å². The van der Waals surface area contributed by atoms with Crippen molar-refractivity contribution in [1.29, 1.82) is 0 Å². The van der Waals surface area contributed by atoms with Crippen molar-refractivity contribution in [3.05, 3.63) is 17.0 Å². The number of halogens is 1. The molecular formula is C14H22ClN3O4S2. The lowest BCUT2D eigenvalue weighted by molar-refractivity contribution is 0.0656. The largest absolute Gasteiger partial charge is 0.379 e. The third-order valence-electron chi connectivity index (χ3n) is 4.15. The van der Waals surface area contributed by atoms with Gasteiger partial charge < -0.3 is 15.0 Å². The predicted molar refractivity (Wildman–Crippen MR) is 94.5 cm³/mol. The van der Waals surface area contributed by atoms with Crippen molar-refractivity contribution in [2.24, 2.45) is 0 Å². The topological polar surface area (TPSA) is 79.0 Å². The van der Waals surface area contributed by atoms with Crippen molar-refractivity contribution in [3.8, 4) is 0 Å². The first-order valence-corrected chi connectivity index (χ1v) is 10.0. The monoisotopic (exact) mass is 395 g/mol. The molecule has 2 saturated heterocycles. The SMILES string of the molecule is C[C@H]1CNCCN1C(=O)c1csc(S(=O)(=O)N2CCOCC2)c1.Cl. The van der Waals surface area contributed by atoms with E-state index in [2.05, 4.69) is 5.32 Å². The number of carbonyl (C=O) groups is 1. The van der Waals surface area contributed by atoms with E-state index in [-0.39, 0.29) is 28.6 Å². The summed E-state index contributed by atoms with van der Waals surface area (Å²) in [6.07, 6.45) is 0. The Labute approximate surface area is 152 Å². The molecule has 1 atom stereocenters. The second-order valence-electron chi connectivity index (χ2n) is 5.72. The maximum absolute atomic E-state index is 12.6. The maximum Gasteiger partial charge on any atom is 0.255 e. The van der Waals surface area contributed by atoms with Crippen LogP contribution in [0, 0.1) is 0 Å². The zero-order valence-corrected chi connectivity index (χ0v) is 15.9. The molecule has 0 saturated carbocycles. The number of sulfonamides is 1. The lowest BCUT2D eigenvalue weighted by Gasteiger charge is -2.33. The van der Waals surface area contributed by atoms with E-state index in [1.807, 2.05) is 6.92 Å². The Morgan fingerprint density at radius 2 is 2.04 bits per heavy atom. The molecule has 2 aliphatic rings. The van der Waals surface area contributed by atoms with Crippen LogP contribution in [0.5, 0.6) is 0 Å². The normalized spacial score (nSPS) is 22.9. The molecular weight excluding hydrogens is 374 g/mol. The van der Waals surface area contributed by atoms with Crippen LogP contribution in [-0.2, 0) is 14.8 Å². The molecule has 2 fully saturated rings.